The Bertz CT molecular complexity index is 1010. The van der Waals surface area contributed by atoms with Gasteiger partial charge < -0.3 is 9.15 Å². The summed E-state index contributed by atoms with van der Waals surface area (Å²) >= 11 is 6.27. The standard InChI is InChI=1S/C21H22ClNO3/c1-13-5-6-19(25-4)16(7-13)12-23(3)11-15-9-21(24)26-20-8-14(2)18(22)10-17(15)20/h5-10H,11-12H2,1-4H3. The van der Waals surface area contributed by atoms with Crippen molar-refractivity contribution in [3.63, 3.8) is 0 Å². The average molecular weight is 372 g/mol. The monoisotopic (exact) mass is 371 g/mol. The number of benzene rings is 2. The summed E-state index contributed by atoms with van der Waals surface area (Å²) < 4.78 is 10.8. The molecule has 0 aliphatic rings. The number of hydrogen-bond donors (Lipinski definition) is 0. The minimum absolute atomic E-state index is 0.351. The molecular weight excluding hydrogens is 350 g/mol. The quantitative estimate of drug-likeness (QED) is 0.609. The molecule has 0 spiro atoms. The molecule has 0 atom stereocenters. The van der Waals surface area contributed by atoms with Crippen LogP contribution in [0.25, 0.3) is 11.0 Å². The SMILES string of the molecule is COc1ccc(C)cc1CN(C)Cc1cc(=O)oc2cc(C)c(Cl)cc12. The number of halogens is 1. The third-order valence-electron chi connectivity index (χ3n) is 4.43. The number of rotatable bonds is 5. The molecule has 1 aromatic heterocycles. The van der Waals surface area contributed by atoms with Gasteiger partial charge in [-0.2, -0.15) is 0 Å². The van der Waals surface area contributed by atoms with Crippen molar-refractivity contribution in [1.82, 2.24) is 4.90 Å². The largest absolute Gasteiger partial charge is 0.496 e. The molecule has 26 heavy (non-hydrogen) atoms. The van der Waals surface area contributed by atoms with Crippen LogP contribution in [0.3, 0.4) is 0 Å². The van der Waals surface area contributed by atoms with Gasteiger partial charge in [0, 0.05) is 35.1 Å². The molecule has 3 aromatic rings. The van der Waals surface area contributed by atoms with Crippen molar-refractivity contribution in [1.29, 1.82) is 0 Å². The Morgan fingerprint density at radius 3 is 2.54 bits per heavy atom. The predicted octanol–water partition coefficient (Wildman–Crippen LogP) is 4.70. The van der Waals surface area contributed by atoms with E-state index in [1.54, 1.807) is 7.11 Å². The summed E-state index contributed by atoms with van der Waals surface area (Å²) in [6.07, 6.45) is 0. The zero-order valence-electron chi connectivity index (χ0n) is 15.4. The minimum atomic E-state index is -0.351. The summed E-state index contributed by atoms with van der Waals surface area (Å²) in [7, 11) is 3.69. The van der Waals surface area contributed by atoms with E-state index < -0.39 is 0 Å². The van der Waals surface area contributed by atoms with Crippen LogP contribution >= 0.6 is 11.6 Å². The van der Waals surface area contributed by atoms with E-state index in [-0.39, 0.29) is 5.63 Å². The molecule has 0 fully saturated rings. The Morgan fingerprint density at radius 1 is 1.08 bits per heavy atom. The first-order chi connectivity index (χ1) is 12.4. The Balaban J connectivity index is 1.92. The zero-order valence-corrected chi connectivity index (χ0v) is 16.2. The first-order valence-electron chi connectivity index (χ1n) is 8.42. The van der Waals surface area contributed by atoms with Crippen LogP contribution in [-0.4, -0.2) is 19.1 Å². The van der Waals surface area contributed by atoms with Gasteiger partial charge in [0.1, 0.15) is 11.3 Å². The minimum Gasteiger partial charge on any atom is -0.496 e. The zero-order chi connectivity index (χ0) is 18.8. The highest BCUT2D eigenvalue weighted by Crippen LogP contribution is 2.27. The van der Waals surface area contributed by atoms with Crippen LogP contribution in [0.2, 0.25) is 5.02 Å². The number of fused-ring (bicyclic) bond motifs is 1. The van der Waals surface area contributed by atoms with Crippen molar-refractivity contribution in [3.05, 3.63) is 74.1 Å². The Morgan fingerprint density at radius 2 is 1.81 bits per heavy atom. The number of nitrogens with zero attached hydrogens (tertiary/aromatic N) is 1. The lowest BCUT2D eigenvalue weighted by Gasteiger charge is -2.19. The molecule has 0 unspecified atom stereocenters. The maximum absolute atomic E-state index is 11.9. The van der Waals surface area contributed by atoms with Crippen LogP contribution in [0, 0.1) is 13.8 Å². The van der Waals surface area contributed by atoms with Gasteiger partial charge in [0.25, 0.3) is 0 Å². The van der Waals surface area contributed by atoms with Crippen molar-refractivity contribution in [3.8, 4) is 5.75 Å². The molecule has 0 aliphatic heterocycles. The van der Waals surface area contributed by atoms with Gasteiger partial charge in [-0.15, -0.1) is 0 Å². The van der Waals surface area contributed by atoms with Gasteiger partial charge in [0.15, 0.2) is 0 Å². The Kier molecular flexibility index (Phi) is 5.35. The summed E-state index contributed by atoms with van der Waals surface area (Å²) in [6, 6.07) is 11.3. The van der Waals surface area contributed by atoms with E-state index >= 15 is 0 Å². The number of methoxy groups -OCH3 is 1. The molecule has 4 nitrogen and oxygen atoms in total. The van der Waals surface area contributed by atoms with Gasteiger partial charge in [-0.3, -0.25) is 4.90 Å². The molecule has 1 heterocycles. The molecule has 5 heteroatoms. The summed E-state index contributed by atoms with van der Waals surface area (Å²) in [5.41, 5.74) is 4.29. The van der Waals surface area contributed by atoms with E-state index in [0.717, 1.165) is 27.8 Å². The maximum atomic E-state index is 11.9. The topological polar surface area (TPSA) is 42.7 Å². The fraction of sp³-hybridized carbons (Fsp3) is 0.286. The van der Waals surface area contributed by atoms with E-state index in [9.17, 15) is 4.79 Å². The second kappa shape index (κ2) is 7.52. The summed E-state index contributed by atoms with van der Waals surface area (Å²) in [6.45, 7) is 5.25. The summed E-state index contributed by atoms with van der Waals surface area (Å²) in [5.74, 6) is 0.860. The third-order valence-corrected chi connectivity index (χ3v) is 4.83. The predicted molar refractivity (Wildman–Crippen MR) is 105 cm³/mol. The lowest BCUT2D eigenvalue weighted by Crippen LogP contribution is -2.19. The molecular formula is C21H22ClNO3. The van der Waals surface area contributed by atoms with E-state index in [1.807, 2.05) is 38.2 Å². The van der Waals surface area contributed by atoms with Gasteiger partial charge >= 0.3 is 5.63 Å². The normalized spacial score (nSPS) is 11.3. The highest BCUT2D eigenvalue weighted by atomic mass is 35.5. The first kappa shape index (κ1) is 18.5. The number of aryl methyl sites for hydroxylation is 2. The van der Waals surface area contributed by atoms with Gasteiger partial charge in [0.2, 0.25) is 0 Å². The highest BCUT2D eigenvalue weighted by Gasteiger charge is 2.12. The fourth-order valence-electron chi connectivity index (χ4n) is 3.15. The molecule has 136 valence electrons. The van der Waals surface area contributed by atoms with Crippen molar-refractivity contribution in [2.75, 3.05) is 14.2 Å². The highest BCUT2D eigenvalue weighted by molar-refractivity contribution is 6.32. The fourth-order valence-corrected chi connectivity index (χ4v) is 3.31. The molecule has 0 saturated carbocycles. The smallest absolute Gasteiger partial charge is 0.336 e. The van der Waals surface area contributed by atoms with E-state index in [2.05, 4.69) is 17.9 Å². The Labute approximate surface area is 158 Å². The molecule has 3 rings (SSSR count). The lowest BCUT2D eigenvalue weighted by molar-refractivity contribution is 0.310. The van der Waals surface area contributed by atoms with Gasteiger partial charge in [-0.1, -0.05) is 29.3 Å². The van der Waals surface area contributed by atoms with Crippen molar-refractivity contribution in [2.24, 2.45) is 0 Å². The second-order valence-corrected chi connectivity index (χ2v) is 7.08. The van der Waals surface area contributed by atoms with Gasteiger partial charge in [-0.25, -0.2) is 4.79 Å². The van der Waals surface area contributed by atoms with Crippen LogP contribution in [0.15, 0.2) is 45.6 Å². The average Bonchev–Trinajstić information content (AvgIpc) is 2.57. The van der Waals surface area contributed by atoms with Crippen molar-refractivity contribution < 1.29 is 9.15 Å². The van der Waals surface area contributed by atoms with Gasteiger partial charge in [0.05, 0.1) is 7.11 Å². The van der Waals surface area contributed by atoms with E-state index in [1.165, 1.54) is 11.6 Å². The van der Waals surface area contributed by atoms with Crippen LogP contribution in [-0.2, 0) is 13.1 Å². The van der Waals surface area contributed by atoms with Crippen LogP contribution in [0.4, 0.5) is 0 Å². The van der Waals surface area contributed by atoms with Crippen molar-refractivity contribution in [2.45, 2.75) is 26.9 Å². The summed E-state index contributed by atoms with van der Waals surface area (Å²) in [4.78, 5) is 14.1. The molecule has 2 aromatic carbocycles. The van der Waals surface area contributed by atoms with Crippen molar-refractivity contribution >= 4 is 22.6 Å². The van der Waals surface area contributed by atoms with Crippen LogP contribution in [0.5, 0.6) is 5.75 Å². The molecule has 0 amide bonds. The molecule has 0 N–H and O–H groups in total. The van der Waals surface area contributed by atoms with E-state index in [4.69, 9.17) is 20.8 Å². The lowest BCUT2D eigenvalue weighted by atomic mass is 10.1. The van der Waals surface area contributed by atoms with Crippen LogP contribution in [0.1, 0.15) is 22.3 Å². The number of ether oxygens (including phenoxy) is 1. The molecule has 0 saturated heterocycles. The van der Waals surface area contributed by atoms with Crippen LogP contribution < -0.4 is 10.4 Å². The molecule has 0 aliphatic carbocycles. The third kappa shape index (κ3) is 3.92. The number of hydrogen-bond acceptors (Lipinski definition) is 4. The first-order valence-corrected chi connectivity index (χ1v) is 8.80. The van der Waals surface area contributed by atoms with Gasteiger partial charge in [-0.05, 0) is 50.2 Å². The second-order valence-electron chi connectivity index (χ2n) is 6.68. The van der Waals surface area contributed by atoms with E-state index in [0.29, 0.717) is 23.7 Å². The maximum Gasteiger partial charge on any atom is 0.336 e. The molecule has 0 radical (unpaired) electrons. The molecule has 0 bridgehead atoms. The summed E-state index contributed by atoms with van der Waals surface area (Å²) in [5, 5.41) is 1.53. The Hall–Kier alpha value is -2.30.